The van der Waals surface area contributed by atoms with Crippen molar-refractivity contribution in [2.24, 2.45) is 5.84 Å². The third-order valence-corrected chi connectivity index (χ3v) is 3.01. The summed E-state index contributed by atoms with van der Waals surface area (Å²) < 4.78 is 5.38. The average Bonchev–Trinajstić information content (AvgIpc) is 3.00. The molecule has 0 aliphatic carbocycles. The van der Waals surface area contributed by atoms with E-state index in [2.05, 4.69) is 11.5 Å². The van der Waals surface area contributed by atoms with Crippen molar-refractivity contribution in [1.29, 1.82) is 5.26 Å². The van der Waals surface area contributed by atoms with Crippen molar-refractivity contribution in [2.75, 3.05) is 11.4 Å². The first-order valence-corrected chi connectivity index (χ1v) is 6.50. The third-order valence-electron chi connectivity index (χ3n) is 3.01. The minimum atomic E-state index is -0.395. The van der Waals surface area contributed by atoms with Gasteiger partial charge >= 0.3 is 0 Å². The van der Waals surface area contributed by atoms with Crippen molar-refractivity contribution >= 4 is 11.6 Å². The van der Waals surface area contributed by atoms with Crippen molar-refractivity contribution in [3.63, 3.8) is 0 Å². The van der Waals surface area contributed by atoms with E-state index in [0.29, 0.717) is 30.8 Å². The highest BCUT2D eigenvalue weighted by atomic mass is 16.3. The Kier molecular flexibility index (Phi) is 4.96. The summed E-state index contributed by atoms with van der Waals surface area (Å²) in [5, 5.41) is 8.77. The van der Waals surface area contributed by atoms with Crippen LogP contribution in [0.2, 0.25) is 0 Å². The van der Waals surface area contributed by atoms with Crippen molar-refractivity contribution in [1.82, 2.24) is 5.43 Å². The summed E-state index contributed by atoms with van der Waals surface area (Å²) >= 11 is 0. The number of amides is 1. The number of benzene rings is 1. The van der Waals surface area contributed by atoms with Gasteiger partial charge in [-0.05, 0) is 18.2 Å². The highest BCUT2D eigenvalue weighted by molar-refractivity contribution is 5.93. The van der Waals surface area contributed by atoms with Gasteiger partial charge in [0.05, 0.1) is 24.6 Å². The molecular weight excluding hydrogens is 268 g/mol. The van der Waals surface area contributed by atoms with Crippen molar-refractivity contribution in [3.8, 4) is 6.07 Å². The minimum absolute atomic E-state index is 0.376. The number of hydrazine groups is 1. The topological polar surface area (TPSA) is 95.3 Å². The van der Waals surface area contributed by atoms with E-state index < -0.39 is 5.91 Å². The summed E-state index contributed by atoms with van der Waals surface area (Å²) in [4.78, 5) is 13.4. The van der Waals surface area contributed by atoms with Gasteiger partial charge in [-0.2, -0.15) is 5.26 Å². The standard InChI is InChI=1S/C15H16N4O2/c16-7-4-8-19(13-5-2-1-3-6-13)10-14-9-12(11-21-14)15(20)18-17/h1-3,5-6,9,11H,4,8,10,17H2,(H,18,20). The predicted octanol–water partition coefficient (Wildman–Crippen LogP) is 1.80. The fourth-order valence-electron chi connectivity index (χ4n) is 1.98. The molecule has 3 N–H and O–H groups in total. The van der Waals surface area contributed by atoms with E-state index in [1.165, 1.54) is 6.26 Å². The van der Waals surface area contributed by atoms with Crippen LogP contribution < -0.4 is 16.2 Å². The molecule has 6 nitrogen and oxygen atoms in total. The first-order valence-electron chi connectivity index (χ1n) is 6.50. The molecule has 0 bridgehead atoms. The van der Waals surface area contributed by atoms with Gasteiger partial charge in [0.2, 0.25) is 0 Å². The normalized spacial score (nSPS) is 9.90. The van der Waals surface area contributed by atoms with Crippen molar-refractivity contribution in [2.45, 2.75) is 13.0 Å². The van der Waals surface area contributed by atoms with E-state index in [9.17, 15) is 4.79 Å². The van der Waals surface area contributed by atoms with E-state index >= 15 is 0 Å². The summed E-state index contributed by atoms with van der Waals surface area (Å²) in [7, 11) is 0. The molecule has 1 amide bonds. The molecular formula is C15H16N4O2. The Labute approximate surface area is 122 Å². The van der Waals surface area contributed by atoms with E-state index in [1.54, 1.807) is 6.07 Å². The Hall–Kier alpha value is -2.78. The second kappa shape index (κ2) is 7.12. The molecule has 2 aromatic rings. The van der Waals surface area contributed by atoms with Crippen LogP contribution in [0.4, 0.5) is 5.69 Å². The van der Waals surface area contributed by atoms with Gasteiger partial charge in [0.1, 0.15) is 12.0 Å². The van der Waals surface area contributed by atoms with Crippen molar-refractivity contribution < 1.29 is 9.21 Å². The highest BCUT2D eigenvalue weighted by Crippen LogP contribution is 2.18. The maximum Gasteiger partial charge on any atom is 0.268 e. The first kappa shape index (κ1) is 14.6. The number of carbonyl (C=O) groups is 1. The zero-order valence-electron chi connectivity index (χ0n) is 11.5. The molecule has 6 heteroatoms. The monoisotopic (exact) mass is 284 g/mol. The number of nitriles is 1. The summed E-state index contributed by atoms with van der Waals surface area (Å²) in [6, 6.07) is 13.5. The second-order valence-electron chi connectivity index (χ2n) is 4.44. The molecule has 0 spiro atoms. The molecule has 0 saturated heterocycles. The maximum atomic E-state index is 11.4. The van der Waals surface area contributed by atoms with Gasteiger partial charge in [-0.25, -0.2) is 5.84 Å². The quantitative estimate of drug-likeness (QED) is 0.479. The lowest BCUT2D eigenvalue weighted by atomic mass is 10.2. The predicted molar refractivity (Wildman–Crippen MR) is 78.1 cm³/mol. The molecule has 0 saturated carbocycles. The maximum absolute atomic E-state index is 11.4. The largest absolute Gasteiger partial charge is 0.467 e. The van der Waals surface area contributed by atoms with Gasteiger partial charge in [-0.3, -0.25) is 10.2 Å². The van der Waals surface area contributed by atoms with Gasteiger partial charge in [-0.15, -0.1) is 0 Å². The van der Waals surface area contributed by atoms with E-state index in [4.69, 9.17) is 15.5 Å². The molecule has 1 aromatic carbocycles. The van der Waals surface area contributed by atoms with Gasteiger partial charge in [0, 0.05) is 12.2 Å². The zero-order chi connectivity index (χ0) is 15.1. The van der Waals surface area contributed by atoms with Gasteiger partial charge in [0.25, 0.3) is 5.91 Å². The zero-order valence-corrected chi connectivity index (χ0v) is 11.5. The number of rotatable bonds is 6. The van der Waals surface area contributed by atoms with Crippen LogP contribution in [0.1, 0.15) is 22.5 Å². The number of para-hydroxylation sites is 1. The van der Waals surface area contributed by atoms with Crippen LogP contribution in [-0.4, -0.2) is 12.5 Å². The summed E-state index contributed by atoms with van der Waals surface area (Å²) in [6.07, 6.45) is 1.77. The lowest BCUT2D eigenvalue weighted by Crippen LogP contribution is -2.29. The second-order valence-corrected chi connectivity index (χ2v) is 4.44. The number of furan rings is 1. The Morgan fingerprint density at radius 3 is 2.81 bits per heavy atom. The summed E-state index contributed by atoms with van der Waals surface area (Å²) in [5.74, 6) is 5.32. The number of hydrogen-bond donors (Lipinski definition) is 2. The fraction of sp³-hybridized carbons (Fsp3) is 0.200. The molecule has 0 radical (unpaired) electrons. The van der Waals surface area contributed by atoms with Crippen molar-refractivity contribution in [3.05, 3.63) is 54.0 Å². The average molecular weight is 284 g/mol. The molecule has 0 fully saturated rings. The van der Waals surface area contributed by atoms with E-state index in [0.717, 1.165) is 5.69 Å². The number of carbonyl (C=O) groups excluding carboxylic acids is 1. The Balaban J connectivity index is 2.13. The molecule has 0 atom stereocenters. The van der Waals surface area contributed by atoms with Crippen LogP contribution in [0.5, 0.6) is 0 Å². The molecule has 0 aliphatic rings. The molecule has 0 unspecified atom stereocenters. The highest BCUT2D eigenvalue weighted by Gasteiger charge is 2.12. The Morgan fingerprint density at radius 1 is 1.38 bits per heavy atom. The number of nitrogen functional groups attached to an aromatic ring is 1. The van der Waals surface area contributed by atoms with Gasteiger partial charge < -0.3 is 9.32 Å². The number of nitrogens with two attached hydrogens (primary N) is 1. The first-order chi connectivity index (χ1) is 10.2. The number of nitrogens with one attached hydrogen (secondary N) is 1. The molecule has 108 valence electrons. The minimum Gasteiger partial charge on any atom is -0.467 e. The molecule has 0 aliphatic heterocycles. The van der Waals surface area contributed by atoms with Crippen LogP contribution in [0.15, 0.2) is 47.1 Å². The lowest BCUT2D eigenvalue weighted by Gasteiger charge is -2.22. The molecule has 1 aromatic heterocycles. The van der Waals surface area contributed by atoms with Crippen LogP contribution in [0.3, 0.4) is 0 Å². The molecule has 2 rings (SSSR count). The van der Waals surface area contributed by atoms with Gasteiger partial charge in [-0.1, -0.05) is 18.2 Å². The van der Waals surface area contributed by atoms with Gasteiger partial charge in [0.15, 0.2) is 0 Å². The van der Waals surface area contributed by atoms with E-state index in [-0.39, 0.29) is 0 Å². The van der Waals surface area contributed by atoms with Crippen LogP contribution >= 0.6 is 0 Å². The smallest absolute Gasteiger partial charge is 0.268 e. The SMILES string of the molecule is N#CCCN(Cc1cc(C(=O)NN)co1)c1ccccc1. The fourth-order valence-corrected chi connectivity index (χ4v) is 1.98. The molecule has 1 heterocycles. The van der Waals surface area contributed by atoms with Crippen LogP contribution in [-0.2, 0) is 6.54 Å². The third kappa shape index (κ3) is 3.84. The van der Waals surface area contributed by atoms with Crippen LogP contribution in [0.25, 0.3) is 0 Å². The number of hydrogen-bond acceptors (Lipinski definition) is 5. The lowest BCUT2D eigenvalue weighted by molar-refractivity contribution is 0.0953. The Morgan fingerprint density at radius 2 is 2.14 bits per heavy atom. The summed E-state index contributed by atoms with van der Waals surface area (Å²) in [6.45, 7) is 1.06. The molecule has 21 heavy (non-hydrogen) atoms. The summed E-state index contributed by atoms with van der Waals surface area (Å²) in [5.41, 5.74) is 3.43. The number of nitrogens with zero attached hydrogens (tertiary/aromatic N) is 2. The van der Waals surface area contributed by atoms with Crippen LogP contribution in [0, 0.1) is 11.3 Å². The Bertz CT molecular complexity index is 631. The van der Waals surface area contributed by atoms with E-state index in [1.807, 2.05) is 35.2 Å². The number of anilines is 1.